The number of carboxylic acid groups (broad SMARTS) is 1. The first-order valence-corrected chi connectivity index (χ1v) is 9.20. The lowest BCUT2D eigenvalue weighted by molar-refractivity contribution is 0.0691. The van der Waals surface area contributed by atoms with Gasteiger partial charge in [0.15, 0.2) is 0 Å². The fourth-order valence-electron chi connectivity index (χ4n) is 2.96. The number of rotatable bonds is 7. The smallest absolute Gasteiger partial charge is 0.339 e. The average Bonchev–Trinajstić information content (AvgIpc) is 2.77. The molecule has 1 aromatic heterocycles. The van der Waals surface area contributed by atoms with Crippen LogP contribution in [0.4, 0.5) is 0 Å². The predicted octanol–water partition coefficient (Wildman–Crippen LogP) is 5.09. The number of hydrogen-bond donors (Lipinski definition) is 1. The summed E-state index contributed by atoms with van der Waals surface area (Å²) in [5.41, 5.74) is 2.88. The maximum atomic E-state index is 11.2. The summed E-state index contributed by atoms with van der Waals surface area (Å²) in [5, 5.41) is 10.3. The van der Waals surface area contributed by atoms with Crippen molar-refractivity contribution in [2.24, 2.45) is 0 Å². The number of para-hydroxylation sites is 2. The average molecular weight is 385 g/mol. The number of fused-ring (bicyclic) bond motifs is 1. The van der Waals surface area contributed by atoms with Crippen LogP contribution in [-0.2, 0) is 13.2 Å². The molecule has 0 saturated heterocycles. The van der Waals surface area contributed by atoms with E-state index in [0.717, 1.165) is 27.9 Å². The van der Waals surface area contributed by atoms with Crippen molar-refractivity contribution in [2.45, 2.75) is 13.2 Å². The second kappa shape index (κ2) is 8.44. The molecule has 5 nitrogen and oxygen atoms in total. The van der Waals surface area contributed by atoms with Crippen molar-refractivity contribution in [3.63, 3.8) is 0 Å². The summed E-state index contributed by atoms with van der Waals surface area (Å²) in [6.45, 7) is 0.656. The van der Waals surface area contributed by atoms with Gasteiger partial charge >= 0.3 is 5.97 Å². The fraction of sp³-hybridized carbons (Fsp3) is 0.0833. The van der Waals surface area contributed by atoms with Crippen LogP contribution >= 0.6 is 0 Å². The number of carboxylic acids is 1. The number of aromatic nitrogens is 1. The summed E-state index contributed by atoms with van der Waals surface area (Å²) >= 11 is 0. The van der Waals surface area contributed by atoms with Gasteiger partial charge in [0.05, 0.1) is 11.2 Å². The molecular formula is C24H19NO4. The first-order chi connectivity index (χ1) is 14.2. The Labute approximate surface area is 168 Å². The summed E-state index contributed by atoms with van der Waals surface area (Å²) in [4.78, 5) is 15.8. The number of benzene rings is 3. The highest BCUT2D eigenvalue weighted by Crippen LogP contribution is 2.21. The normalized spacial score (nSPS) is 10.6. The molecule has 3 aromatic carbocycles. The van der Waals surface area contributed by atoms with Crippen molar-refractivity contribution in [1.29, 1.82) is 0 Å². The van der Waals surface area contributed by atoms with Gasteiger partial charge in [0.1, 0.15) is 30.3 Å². The Hall–Kier alpha value is -3.86. The van der Waals surface area contributed by atoms with Gasteiger partial charge in [-0.05, 0) is 42.0 Å². The van der Waals surface area contributed by atoms with E-state index in [9.17, 15) is 9.90 Å². The molecule has 0 bridgehead atoms. The van der Waals surface area contributed by atoms with Gasteiger partial charge in [0.25, 0.3) is 0 Å². The second-order valence-electron chi connectivity index (χ2n) is 6.52. The molecule has 0 aliphatic carbocycles. The van der Waals surface area contributed by atoms with E-state index in [4.69, 9.17) is 9.47 Å². The van der Waals surface area contributed by atoms with Crippen LogP contribution in [0.5, 0.6) is 11.5 Å². The van der Waals surface area contributed by atoms with Crippen LogP contribution in [-0.4, -0.2) is 16.1 Å². The molecular weight excluding hydrogens is 366 g/mol. The molecule has 4 rings (SSSR count). The quantitative estimate of drug-likeness (QED) is 0.480. The Morgan fingerprint density at radius 2 is 1.55 bits per heavy atom. The molecule has 29 heavy (non-hydrogen) atoms. The molecule has 0 aliphatic heterocycles. The van der Waals surface area contributed by atoms with Crippen LogP contribution in [0.25, 0.3) is 10.9 Å². The summed E-state index contributed by atoms with van der Waals surface area (Å²) < 4.78 is 11.5. The van der Waals surface area contributed by atoms with E-state index >= 15 is 0 Å². The molecule has 1 heterocycles. The number of hydrogen-bond acceptors (Lipinski definition) is 4. The third kappa shape index (κ3) is 4.52. The van der Waals surface area contributed by atoms with E-state index in [1.165, 1.54) is 6.07 Å². The van der Waals surface area contributed by atoms with E-state index in [-0.39, 0.29) is 12.2 Å². The zero-order chi connectivity index (χ0) is 20.1. The molecule has 0 fully saturated rings. The molecule has 0 amide bonds. The Balaban J connectivity index is 1.36. The van der Waals surface area contributed by atoms with Gasteiger partial charge in [-0.2, -0.15) is 0 Å². The largest absolute Gasteiger partial charge is 0.488 e. The summed E-state index contributed by atoms with van der Waals surface area (Å²) in [7, 11) is 0. The minimum atomic E-state index is -1.01. The lowest BCUT2D eigenvalue weighted by Crippen LogP contribution is -2.03. The highest BCUT2D eigenvalue weighted by atomic mass is 16.5. The zero-order valence-corrected chi connectivity index (χ0v) is 15.6. The standard InChI is InChI=1S/C24H19NO4/c26-24(27)21-6-2-4-8-23(21)29-15-17-9-13-20(14-10-17)28-16-19-12-11-18-5-1-3-7-22(18)25-19/h1-14H,15-16H2,(H,26,27). The first kappa shape index (κ1) is 18.5. The Bertz CT molecular complexity index is 1140. The van der Waals surface area contributed by atoms with Crippen LogP contribution in [0.3, 0.4) is 0 Å². The van der Waals surface area contributed by atoms with Gasteiger partial charge < -0.3 is 14.6 Å². The first-order valence-electron chi connectivity index (χ1n) is 9.20. The molecule has 0 saturated carbocycles. The highest BCUT2D eigenvalue weighted by molar-refractivity contribution is 5.90. The van der Waals surface area contributed by atoms with Crippen molar-refractivity contribution in [3.05, 3.63) is 102 Å². The van der Waals surface area contributed by atoms with Crippen molar-refractivity contribution in [2.75, 3.05) is 0 Å². The maximum Gasteiger partial charge on any atom is 0.339 e. The van der Waals surface area contributed by atoms with Crippen LogP contribution < -0.4 is 9.47 Å². The number of aromatic carboxylic acids is 1. The maximum absolute atomic E-state index is 11.2. The van der Waals surface area contributed by atoms with Gasteiger partial charge in [0, 0.05) is 5.39 Å². The van der Waals surface area contributed by atoms with Crippen molar-refractivity contribution < 1.29 is 19.4 Å². The van der Waals surface area contributed by atoms with Crippen molar-refractivity contribution >= 4 is 16.9 Å². The van der Waals surface area contributed by atoms with E-state index in [1.807, 2.05) is 60.7 Å². The van der Waals surface area contributed by atoms with Crippen LogP contribution in [0, 0.1) is 0 Å². The summed E-state index contributed by atoms with van der Waals surface area (Å²) in [6.07, 6.45) is 0. The molecule has 5 heteroatoms. The third-order valence-electron chi connectivity index (χ3n) is 4.48. The molecule has 0 spiro atoms. The molecule has 0 unspecified atom stereocenters. The Morgan fingerprint density at radius 1 is 0.793 bits per heavy atom. The second-order valence-corrected chi connectivity index (χ2v) is 6.52. The Morgan fingerprint density at radius 3 is 2.38 bits per heavy atom. The van der Waals surface area contributed by atoms with Crippen molar-refractivity contribution in [3.8, 4) is 11.5 Å². The number of nitrogens with zero attached hydrogens (tertiary/aromatic N) is 1. The van der Waals surface area contributed by atoms with E-state index in [0.29, 0.717) is 12.4 Å². The zero-order valence-electron chi connectivity index (χ0n) is 15.6. The number of pyridine rings is 1. The lowest BCUT2D eigenvalue weighted by Gasteiger charge is -2.10. The predicted molar refractivity (Wildman–Crippen MR) is 110 cm³/mol. The highest BCUT2D eigenvalue weighted by Gasteiger charge is 2.10. The van der Waals surface area contributed by atoms with Crippen LogP contribution in [0.1, 0.15) is 21.6 Å². The van der Waals surface area contributed by atoms with Crippen LogP contribution in [0.2, 0.25) is 0 Å². The molecule has 0 atom stereocenters. The summed E-state index contributed by atoms with van der Waals surface area (Å²) in [5.74, 6) is 0.0731. The van der Waals surface area contributed by atoms with E-state index < -0.39 is 5.97 Å². The van der Waals surface area contributed by atoms with Crippen LogP contribution in [0.15, 0.2) is 84.9 Å². The van der Waals surface area contributed by atoms with Gasteiger partial charge in [0.2, 0.25) is 0 Å². The summed E-state index contributed by atoms with van der Waals surface area (Å²) in [6, 6.07) is 26.1. The van der Waals surface area contributed by atoms with Gasteiger partial charge in [-0.1, -0.05) is 48.5 Å². The molecule has 144 valence electrons. The van der Waals surface area contributed by atoms with Gasteiger partial charge in [-0.3, -0.25) is 0 Å². The van der Waals surface area contributed by atoms with Gasteiger partial charge in [-0.15, -0.1) is 0 Å². The Kier molecular flexibility index (Phi) is 5.38. The van der Waals surface area contributed by atoms with Gasteiger partial charge in [-0.25, -0.2) is 9.78 Å². The third-order valence-corrected chi connectivity index (χ3v) is 4.48. The van der Waals surface area contributed by atoms with Crippen molar-refractivity contribution in [1.82, 2.24) is 4.98 Å². The minimum Gasteiger partial charge on any atom is -0.488 e. The fourth-order valence-corrected chi connectivity index (χ4v) is 2.96. The molecule has 0 aliphatic rings. The van der Waals surface area contributed by atoms with E-state index in [1.54, 1.807) is 18.2 Å². The van der Waals surface area contributed by atoms with E-state index in [2.05, 4.69) is 4.98 Å². The SMILES string of the molecule is O=C(O)c1ccccc1OCc1ccc(OCc2ccc3ccccc3n2)cc1. The molecule has 0 radical (unpaired) electrons. The molecule has 4 aromatic rings. The topological polar surface area (TPSA) is 68.7 Å². The minimum absolute atomic E-state index is 0.148. The number of carbonyl (C=O) groups is 1. The number of ether oxygens (including phenoxy) is 2. The monoisotopic (exact) mass is 385 g/mol. The molecule has 1 N–H and O–H groups in total. The lowest BCUT2D eigenvalue weighted by atomic mass is 10.2.